The first-order valence-electron chi connectivity index (χ1n) is 6.99. The lowest BCUT2D eigenvalue weighted by molar-refractivity contribution is -0.121. The van der Waals surface area contributed by atoms with Crippen molar-refractivity contribution in [2.24, 2.45) is 0 Å². The minimum absolute atomic E-state index is 0.00188. The lowest BCUT2D eigenvalue weighted by Crippen LogP contribution is -2.28. The summed E-state index contributed by atoms with van der Waals surface area (Å²) in [5, 5.41) is 4.03. The van der Waals surface area contributed by atoms with Gasteiger partial charge in [0, 0.05) is 17.8 Å². The predicted molar refractivity (Wildman–Crippen MR) is 82.8 cm³/mol. The Bertz CT molecular complexity index is 749. The van der Waals surface area contributed by atoms with E-state index in [9.17, 15) is 4.79 Å². The van der Waals surface area contributed by atoms with Crippen LogP contribution in [0.2, 0.25) is 0 Å². The van der Waals surface area contributed by atoms with Gasteiger partial charge in [0.1, 0.15) is 5.65 Å². The number of nitrogens with zero attached hydrogens (tertiary/aromatic N) is 1. The molecule has 1 aromatic carbocycles. The van der Waals surface area contributed by atoms with Gasteiger partial charge in [-0.15, -0.1) is 0 Å². The third-order valence-corrected chi connectivity index (χ3v) is 3.56. The van der Waals surface area contributed by atoms with E-state index in [4.69, 9.17) is 0 Å². The average molecular weight is 279 g/mol. The molecule has 0 saturated heterocycles. The van der Waals surface area contributed by atoms with E-state index in [1.54, 1.807) is 6.20 Å². The molecule has 0 radical (unpaired) electrons. The molecule has 4 nitrogen and oxygen atoms in total. The molecule has 2 aromatic heterocycles. The van der Waals surface area contributed by atoms with Crippen LogP contribution in [0.4, 0.5) is 0 Å². The maximum atomic E-state index is 12.2. The van der Waals surface area contributed by atoms with Crippen molar-refractivity contribution in [1.29, 1.82) is 0 Å². The fourth-order valence-electron chi connectivity index (χ4n) is 2.45. The molecular weight excluding hydrogens is 262 g/mol. The number of amides is 1. The molecule has 0 saturated carbocycles. The number of aromatic nitrogens is 2. The lowest BCUT2D eigenvalue weighted by Gasteiger charge is -2.14. The first-order valence-corrected chi connectivity index (χ1v) is 6.99. The Morgan fingerprint density at radius 2 is 2.05 bits per heavy atom. The van der Waals surface area contributed by atoms with Gasteiger partial charge in [0.25, 0.3) is 0 Å². The van der Waals surface area contributed by atoms with Crippen molar-refractivity contribution in [3.05, 3.63) is 66.0 Å². The minimum Gasteiger partial charge on any atom is -0.349 e. The monoisotopic (exact) mass is 279 g/mol. The minimum atomic E-state index is 0.00188. The van der Waals surface area contributed by atoms with Gasteiger partial charge in [0.05, 0.1) is 12.5 Å². The Balaban J connectivity index is 1.69. The zero-order valence-corrected chi connectivity index (χ0v) is 11.8. The topological polar surface area (TPSA) is 57.8 Å². The Labute approximate surface area is 123 Å². The number of pyridine rings is 1. The summed E-state index contributed by atoms with van der Waals surface area (Å²) in [5.41, 5.74) is 2.89. The van der Waals surface area contributed by atoms with Crippen LogP contribution in [0.25, 0.3) is 11.0 Å². The highest BCUT2D eigenvalue weighted by Gasteiger charge is 2.12. The van der Waals surface area contributed by atoms with Crippen molar-refractivity contribution in [3.63, 3.8) is 0 Å². The molecule has 1 amide bonds. The van der Waals surface area contributed by atoms with Gasteiger partial charge in [-0.2, -0.15) is 0 Å². The van der Waals surface area contributed by atoms with E-state index in [0.29, 0.717) is 6.42 Å². The molecule has 2 heterocycles. The Kier molecular flexibility index (Phi) is 3.69. The average Bonchev–Trinajstić information content (AvgIpc) is 2.91. The number of benzene rings is 1. The number of carbonyl (C=O) groups excluding carboxylic acids is 1. The number of hydrogen-bond acceptors (Lipinski definition) is 2. The normalized spacial score (nSPS) is 12.2. The number of H-pyrrole nitrogens is 1. The summed E-state index contributed by atoms with van der Waals surface area (Å²) in [4.78, 5) is 19.5. The van der Waals surface area contributed by atoms with Crippen molar-refractivity contribution in [2.45, 2.75) is 19.4 Å². The van der Waals surface area contributed by atoms with Crippen LogP contribution < -0.4 is 5.32 Å². The molecule has 0 spiro atoms. The summed E-state index contributed by atoms with van der Waals surface area (Å²) in [7, 11) is 0. The first-order chi connectivity index (χ1) is 10.2. The number of fused-ring (bicyclic) bond motifs is 1. The standard InChI is InChI=1S/C17H17N3O/c1-12(13-6-3-2-4-7-13)20-16(21)10-14-11-19-17-15(14)8-5-9-18-17/h2-9,11-12H,10H2,1H3,(H,18,19)(H,20,21)/t12-/m1/s1. The second-order valence-electron chi connectivity index (χ2n) is 5.09. The van der Waals surface area contributed by atoms with Gasteiger partial charge in [-0.3, -0.25) is 4.79 Å². The summed E-state index contributed by atoms with van der Waals surface area (Å²) in [5.74, 6) is 0.0103. The molecule has 1 atom stereocenters. The van der Waals surface area contributed by atoms with E-state index in [2.05, 4.69) is 15.3 Å². The van der Waals surface area contributed by atoms with Crippen molar-refractivity contribution >= 4 is 16.9 Å². The summed E-state index contributed by atoms with van der Waals surface area (Å²) >= 11 is 0. The third kappa shape index (κ3) is 2.94. The van der Waals surface area contributed by atoms with Crippen LogP contribution in [0.15, 0.2) is 54.9 Å². The van der Waals surface area contributed by atoms with E-state index in [-0.39, 0.29) is 11.9 Å². The zero-order valence-electron chi connectivity index (χ0n) is 11.8. The maximum Gasteiger partial charge on any atom is 0.224 e. The molecule has 0 aliphatic rings. The zero-order chi connectivity index (χ0) is 14.7. The molecule has 3 aromatic rings. The highest BCUT2D eigenvalue weighted by atomic mass is 16.1. The molecule has 2 N–H and O–H groups in total. The maximum absolute atomic E-state index is 12.2. The molecule has 0 bridgehead atoms. The van der Waals surface area contributed by atoms with Crippen LogP contribution in [-0.2, 0) is 11.2 Å². The van der Waals surface area contributed by atoms with E-state index in [0.717, 1.165) is 22.2 Å². The van der Waals surface area contributed by atoms with Gasteiger partial charge in [0.15, 0.2) is 0 Å². The molecule has 0 unspecified atom stereocenters. The van der Waals surface area contributed by atoms with Gasteiger partial charge in [-0.1, -0.05) is 30.3 Å². The lowest BCUT2D eigenvalue weighted by atomic mass is 10.1. The predicted octanol–water partition coefficient (Wildman–Crippen LogP) is 2.98. The number of carbonyl (C=O) groups is 1. The van der Waals surface area contributed by atoms with E-state index in [1.165, 1.54) is 0 Å². The molecule has 21 heavy (non-hydrogen) atoms. The SMILES string of the molecule is C[C@@H](NC(=O)Cc1c[nH]c2ncccc12)c1ccccc1. The molecule has 4 heteroatoms. The van der Waals surface area contributed by atoms with Crippen LogP contribution in [0.5, 0.6) is 0 Å². The highest BCUT2D eigenvalue weighted by molar-refractivity contribution is 5.87. The molecule has 0 aliphatic heterocycles. The Hall–Kier alpha value is -2.62. The second-order valence-corrected chi connectivity index (χ2v) is 5.09. The summed E-state index contributed by atoms with van der Waals surface area (Å²) in [6.07, 6.45) is 3.94. The summed E-state index contributed by atoms with van der Waals surface area (Å²) < 4.78 is 0. The fourth-order valence-corrected chi connectivity index (χ4v) is 2.45. The van der Waals surface area contributed by atoms with Gasteiger partial charge in [0.2, 0.25) is 5.91 Å². The first kappa shape index (κ1) is 13.4. The van der Waals surface area contributed by atoms with Gasteiger partial charge in [-0.25, -0.2) is 4.98 Å². The van der Waals surface area contributed by atoms with Crippen molar-refractivity contribution in [1.82, 2.24) is 15.3 Å². The third-order valence-electron chi connectivity index (χ3n) is 3.56. The van der Waals surface area contributed by atoms with E-state index >= 15 is 0 Å². The van der Waals surface area contributed by atoms with Crippen molar-refractivity contribution in [3.8, 4) is 0 Å². The van der Waals surface area contributed by atoms with Crippen molar-refractivity contribution in [2.75, 3.05) is 0 Å². The molecule has 0 aliphatic carbocycles. The van der Waals surface area contributed by atoms with Crippen LogP contribution in [0, 0.1) is 0 Å². The van der Waals surface area contributed by atoms with E-state index in [1.807, 2.05) is 55.6 Å². The summed E-state index contributed by atoms with van der Waals surface area (Å²) in [6.45, 7) is 1.99. The van der Waals surface area contributed by atoms with Gasteiger partial charge in [-0.05, 0) is 30.2 Å². The smallest absolute Gasteiger partial charge is 0.224 e. The molecular formula is C17H17N3O. The number of aromatic amines is 1. The van der Waals surface area contributed by atoms with Crippen molar-refractivity contribution < 1.29 is 4.79 Å². The van der Waals surface area contributed by atoms with Crippen LogP contribution >= 0.6 is 0 Å². The molecule has 106 valence electrons. The Morgan fingerprint density at radius 3 is 2.86 bits per heavy atom. The quantitative estimate of drug-likeness (QED) is 0.771. The molecule has 3 rings (SSSR count). The van der Waals surface area contributed by atoms with Gasteiger partial charge >= 0.3 is 0 Å². The van der Waals surface area contributed by atoms with Crippen LogP contribution in [0.1, 0.15) is 24.1 Å². The fraction of sp³-hybridized carbons (Fsp3) is 0.176. The van der Waals surface area contributed by atoms with Crippen LogP contribution in [0.3, 0.4) is 0 Å². The molecule has 0 fully saturated rings. The Morgan fingerprint density at radius 1 is 1.24 bits per heavy atom. The second kappa shape index (κ2) is 5.79. The largest absolute Gasteiger partial charge is 0.349 e. The highest BCUT2D eigenvalue weighted by Crippen LogP contribution is 2.17. The van der Waals surface area contributed by atoms with Gasteiger partial charge < -0.3 is 10.3 Å². The number of nitrogens with one attached hydrogen (secondary N) is 2. The summed E-state index contributed by atoms with van der Waals surface area (Å²) in [6, 6.07) is 13.8. The van der Waals surface area contributed by atoms with E-state index < -0.39 is 0 Å². The van der Waals surface area contributed by atoms with Crippen LogP contribution in [-0.4, -0.2) is 15.9 Å². The number of hydrogen-bond donors (Lipinski definition) is 2. The number of rotatable bonds is 4.